The third-order valence-electron chi connectivity index (χ3n) is 2.76. The normalized spacial score (nSPS) is 15.1. The number of anilines is 1. The highest BCUT2D eigenvalue weighted by atomic mass is 35.5. The fourth-order valence-electron chi connectivity index (χ4n) is 1.73. The van der Waals surface area contributed by atoms with Crippen LogP contribution >= 0.6 is 11.6 Å². The molecular formula is C13H17ClN2O. The zero-order valence-corrected chi connectivity index (χ0v) is 10.9. The third kappa shape index (κ3) is 3.20. The van der Waals surface area contributed by atoms with Gasteiger partial charge in [0.05, 0.1) is 6.67 Å². The number of hydrogen-bond donors (Lipinski definition) is 0. The molecule has 1 aliphatic carbocycles. The maximum absolute atomic E-state index is 12.2. The molecule has 1 saturated carbocycles. The third-order valence-corrected chi connectivity index (χ3v) is 3.01. The maximum atomic E-state index is 12.2. The highest BCUT2D eigenvalue weighted by molar-refractivity contribution is 6.30. The standard InChI is InChI=1S/C13H17ClN2O/c1-15(2)9-16(13(17)10-3-4-10)12-7-5-11(14)6-8-12/h5-8,10H,3-4,9H2,1-2H3. The number of carbonyl (C=O) groups excluding carboxylic acids is 1. The highest BCUT2D eigenvalue weighted by Gasteiger charge is 2.34. The zero-order valence-electron chi connectivity index (χ0n) is 10.2. The second kappa shape index (κ2) is 5.07. The Balaban J connectivity index is 2.19. The van der Waals surface area contributed by atoms with Crippen LogP contribution < -0.4 is 4.90 Å². The maximum Gasteiger partial charge on any atom is 0.231 e. The number of hydrogen-bond acceptors (Lipinski definition) is 2. The van der Waals surface area contributed by atoms with Crippen molar-refractivity contribution in [2.24, 2.45) is 5.92 Å². The van der Waals surface area contributed by atoms with E-state index in [-0.39, 0.29) is 11.8 Å². The summed E-state index contributed by atoms with van der Waals surface area (Å²) in [6.07, 6.45) is 2.05. The second-order valence-corrected chi connectivity index (χ2v) is 5.17. The summed E-state index contributed by atoms with van der Waals surface area (Å²) >= 11 is 5.86. The molecule has 0 aliphatic heterocycles. The van der Waals surface area contributed by atoms with Crippen LogP contribution in [-0.4, -0.2) is 31.6 Å². The Bertz CT molecular complexity index is 398. The van der Waals surface area contributed by atoms with Crippen molar-refractivity contribution in [1.29, 1.82) is 0 Å². The molecule has 1 aliphatic rings. The van der Waals surface area contributed by atoms with Gasteiger partial charge in [-0.1, -0.05) is 11.6 Å². The summed E-state index contributed by atoms with van der Waals surface area (Å²) in [4.78, 5) is 16.0. The number of halogens is 1. The summed E-state index contributed by atoms with van der Waals surface area (Å²) in [7, 11) is 3.92. The van der Waals surface area contributed by atoms with Crippen LogP contribution in [0, 0.1) is 5.92 Å². The number of amides is 1. The molecule has 0 atom stereocenters. The van der Waals surface area contributed by atoms with E-state index < -0.39 is 0 Å². The summed E-state index contributed by atoms with van der Waals surface area (Å²) in [5.41, 5.74) is 0.917. The molecule has 2 rings (SSSR count). The van der Waals surface area contributed by atoms with Gasteiger partial charge in [0.15, 0.2) is 0 Å². The van der Waals surface area contributed by atoms with Gasteiger partial charge in [0.1, 0.15) is 0 Å². The van der Waals surface area contributed by atoms with Crippen molar-refractivity contribution >= 4 is 23.2 Å². The highest BCUT2D eigenvalue weighted by Crippen LogP contribution is 2.33. The molecule has 0 bridgehead atoms. The Morgan fingerprint density at radius 3 is 2.35 bits per heavy atom. The molecule has 1 aromatic rings. The van der Waals surface area contributed by atoms with E-state index in [9.17, 15) is 4.79 Å². The summed E-state index contributed by atoms with van der Waals surface area (Å²) in [5, 5.41) is 0.692. The smallest absolute Gasteiger partial charge is 0.231 e. The number of rotatable bonds is 4. The minimum Gasteiger partial charge on any atom is -0.299 e. The van der Waals surface area contributed by atoms with Crippen molar-refractivity contribution in [3.8, 4) is 0 Å². The van der Waals surface area contributed by atoms with E-state index in [2.05, 4.69) is 0 Å². The van der Waals surface area contributed by atoms with Gasteiger partial charge in [-0.3, -0.25) is 14.6 Å². The van der Waals surface area contributed by atoms with Gasteiger partial charge in [-0.05, 0) is 51.2 Å². The number of nitrogens with zero attached hydrogens (tertiary/aromatic N) is 2. The van der Waals surface area contributed by atoms with Gasteiger partial charge in [-0.15, -0.1) is 0 Å². The lowest BCUT2D eigenvalue weighted by molar-refractivity contribution is -0.120. The first-order valence-electron chi connectivity index (χ1n) is 5.79. The Hall–Kier alpha value is -1.06. The molecule has 1 fully saturated rings. The van der Waals surface area contributed by atoms with E-state index in [1.165, 1.54) is 0 Å². The lowest BCUT2D eigenvalue weighted by Gasteiger charge is -2.26. The van der Waals surface area contributed by atoms with E-state index in [1.807, 2.05) is 48.2 Å². The summed E-state index contributed by atoms with van der Waals surface area (Å²) in [6, 6.07) is 7.43. The predicted octanol–water partition coefficient (Wildman–Crippen LogP) is 2.60. The van der Waals surface area contributed by atoms with Crippen molar-refractivity contribution in [2.45, 2.75) is 12.8 Å². The predicted molar refractivity (Wildman–Crippen MR) is 70.2 cm³/mol. The van der Waals surface area contributed by atoms with Gasteiger partial charge in [0, 0.05) is 16.6 Å². The van der Waals surface area contributed by atoms with Crippen LogP contribution in [0.2, 0.25) is 5.02 Å². The largest absolute Gasteiger partial charge is 0.299 e. The van der Waals surface area contributed by atoms with Crippen LogP contribution in [0.1, 0.15) is 12.8 Å². The van der Waals surface area contributed by atoms with E-state index in [0.717, 1.165) is 18.5 Å². The monoisotopic (exact) mass is 252 g/mol. The van der Waals surface area contributed by atoms with Crippen molar-refractivity contribution < 1.29 is 4.79 Å². The van der Waals surface area contributed by atoms with Crippen LogP contribution in [0.4, 0.5) is 5.69 Å². The minimum atomic E-state index is 0.223. The molecule has 0 spiro atoms. The molecular weight excluding hydrogens is 236 g/mol. The summed E-state index contributed by atoms with van der Waals surface area (Å²) in [6.45, 7) is 0.608. The molecule has 92 valence electrons. The van der Waals surface area contributed by atoms with Crippen molar-refractivity contribution in [1.82, 2.24) is 4.90 Å². The molecule has 0 saturated heterocycles. The fourth-order valence-corrected chi connectivity index (χ4v) is 1.86. The van der Waals surface area contributed by atoms with Crippen LogP contribution in [0.15, 0.2) is 24.3 Å². The first-order valence-corrected chi connectivity index (χ1v) is 6.17. The molecule has 3 nitrogen and oxygen atoms in total. The van der Waals surface area contributed by atoms with Gasteiger partial charge in [0.25, 0.3) is 0 Å². The van der Waals surface area contributed by atoms with Crippen LogP contribution in [0.3, 0.4) is 0 Å². The Morgan fingerprint density at radius 1 is 1.29 bits per heavy atom. The molecule has 0 heterocycles. The zero-order chi connectivity index (χ0) is 12.4. The summed E-state index contributed by atoms with van der Waals surface area (Å²) in [5.74, 6) is 0.451. The Kier molecular flexibility index (Phi) is 3.69. The van der Waals surface area contributed by atoms with E-state index in [1.54, 1.807) is 0 Å². The lowest BCUT2D eigenvalue weighted by atomic mass is 10.2. The van der Waals surface area contributed by atoms with Gasteiger partial charge < -0.3 is 0 Å². The van der Waals surface area contributed by atoms with Gasteiger partial charge in [0.2, 0.25) is 5.91 Å². The average molecular weight is 253 g/mol. The molecule has 0 unspecified atom stereocenters. The number of benzene rings is 1. The Morgan fingerprint density at radius 2 is 1.88 bits per heavy atom. The fraction of sp³-hybridized carbons (Fsp3) is 0.462. The summed E-state index contributed by atoms with van der Waals surface area (Å²) < 4.78 is 0. The minimum absolute atomic E-state index is 0.223. The molecule has 0 radical (unpaired) electrons. The van der Waals surface area contributed by atoms with E-state index in [4.69, 9.17) is 11.6 Å². The van der Waals surface area contributed by atoms with Gasteiger partial charge >= 0.3 is 0 Å². The molecule has 1 aromatic carbocycles. The second-order valence-electron chi connectivity index (χ2n) is 4.74. The quantitative estimate of drug-likeness (QED) is 0.769. The van der Waals surface area contributed by atoms with Crippen molar-refractivity contribution in [3.63, 3.8) is 0 Å². The van der Waals surface area contributed by atoms with Crippen LogP contribution in [0.25, 0.3) is 0 Å². The average Bonchev–Trinajstić information content (AvgIpc) is 3.10. The van der Waals surface area contributed by atoms with E-state index >= 15 is 0 Å². The molecule has 1 amide bonds. The van der Waals surface area contributed by atoms with Crippen molar-refractivity contribution in [2.75, 3.05) is 25.7 Å². The van der Waals surface area contributed by atoms with Gasteiger partial charge in [-0.2, -0.15) is 0 Å². The molecule has 17 heavy (non-hydrogen) atoms. The Labute approximate surface area is 107 Å². The van der Waals surface area contributed by atoms with Gasteiger partial charge in [-0.25, -0.2) is 0 Å². The number of carbonyl (C=O) groups is 1. The lowest BCUT2D eigenvalue weighted by Crippen LogP contribution is -2.39. The SMILES string of the molecule is CN(C)CN(C(=O)C1CC1)c1ccc(Cl)cc1. The van der Waals surface area contributed by atoms with Crippen molar-refractivity contribution in [3.05, 3.63) is 29.3 Å². The van der Waals surface area contributed by atoms with Crippen LogP contribution in [-0.2, 0) is 4.79 Å². The molecule has 0 N–H and O–H groups in total. The first-order chi connectivity index (χ1) is 8.08. The molecule has 0 aromatic heterocycles. The van der Waals surface area contributed by atoms with Crippen LogP contribution in [0.5, 0.6) is 0 Å². The first kappa shape index (κ1) is 12.4. The molecule has 4 heteroatoms. The van der Waals surface area contributed by atoms with E-state index in [0.29, 0.717) is 11.7 Å². The topological polar surface area (TPSA) is 23.6 Å².